The lowest BCUT2D eigenvalue weighted by atomic mass is 10.4. The molecule has 1 aromatic heterocycles. The van der Waals surface area contributed by atoms with Crippen LogP contribution in [-0.4, -0.2) is 51.2 Å². The molecule has 1 rings (SSSR count). The highest BCUT2D eigenvalue weighted by atomic mass is 16.4. The average Bonchev–Trinajstić information content (AvgIpc) is 2.87. The van der Waals surface area contributed by atoms with Crippen LogP contribution in [0.1, 0.15) is 37.2 Å². The van der Waals surface area contributed by atoms with Gasteiger partial charge in [-0.05, 0) is 12.8 Å². The first-order valence-corrected chi connectivity index (χ1v) is 6.86. The molecule has 0 aliphatic rings. The number of urea groups is 1. The lowest BCUT2D eigenvalue weighted by Crippen LogP contribution is -2.41. The first-order valence-electron chi connectivity index (χ1n) is 6.86. The molecule has 0 unspecified atom stereocenters. The first kappa shape index (κ1) is 16.0. The van der Waals surface area contributed by atoms with E-state index < -0.39 is 5.97 Å². The number of hydrogen-bond acceptors (Lipinski definition) is 3. The molecule has 0 atom stereocenters. The van der Waals surface area contributed by atoms with Gasteiger partial charge in [-0.3, -0.25) is 0 Å². The summed E-state index contributed by atoms with van der Waals surface area (Å²) in [6.07, 6.45) is 4.75. The van der Waals surface area contributed by atoms with E-state index in [-0.39, 0.29) is 11.7 Å². The highest BCUT2D eigenvalue weighted by Crippen LogP contribution is 1.97. The van der Waals surface area contributed by atoms with E-state index in [9.17, 15) is 9.59 Å². The predicted octanol–water partition coefficient (Wildman–Crippen LogP) is 1.41. The van der Waals surface area contributed by atoms with Gasteiger partial charge >= 0.3 is 12.0 Å². The van der Waals surface area contributed by atoms with Crippen LogP contribution in [0.25, 0.3) is 0 Å². The number of aromatic nitrogens is 2. The summed E-state index contributed by atoms with van der Waals surface area (Å²) in [4.78, 5) is 28.1. The third-order valence-electron chi connectivity index (χ3n) is 2.77. The summed E-state index contributed by atoms with van der Waals surface area (Å²) in [6, 6.07) is -0.0766. The molecule has 2 N–H and O–H groups in total. The molecule has 0 fully saturated rings. The fraction of sp³-hybridized carbons (Fsp3) is 0.615. The molecule has 0 aliphatic carbocycles. The van der Waals surface area contributed by atoms with Crippen molar-refractivity contribution in [1.29, 1.82) is 0 Å². The number of rotatable bonds is 8. The Bertz CT molecular complexity index is 439. The Morgan fingerprint density at radius 1 is 1.35 bits per heavy atom. The number of carboxylic acids is 1. The molecule has 20 heavy (non-hydrogen) atoms. The van der Waals surface area contributed by atoms with Crippen molar-refractivity contribution in [3.63, 3.8) is 0 Å². The van der Waals surface area contributed by atoms with Gasteiger partial charge in [0, 0.05) is 32.4 Å². The van der Waals surface area contributed by atoms with Crippen LogP contribution >= 0.6 is 0 Å². The second-order valence-corrected chi connectivity index (χ2v) is 4.52. The van der Waals surface area contributed by atoms with Crippen molar-refractivity contribution in [2.45, 2.75) is 33.2 Å². The molecule has 0 saturated heterocycles. The van der Waals surface area contributed by atoms with Gasteiger partial charge in [-0.15, -0.1) is 0 Å². The summed E-state index contributed by atoms with van der Waals surface area (Å²) < 4.78 is 1.65. The molecule has 0 spiro atoms. The topological polar surface area (TPSA) is 87.5 Å². The van der Waals surface area contributed by atoms with E-state index in [1.807, 2.05) is 13.8 Å². The molecular weight excluding hydrogens is 260 g/mol. The van der Waals surface area contributed by atoms with Gasteiger partial charge in [-0.1, -0.05) is 13.8 Å². The quantitative estimate of drug-likeness (QED) is 0.754. The van der Waals surface area contributed by atoms with Crippen molar-refractivity contribution in [3.8, 4) is 0 Å². The standard InChI is InChI=1S/C13H22N4O3/c1-3-6-17(7-4-2)13(20)14-5-8-16-9-11(12(18)19)15-10-16/h9-10H,3-8H2,1-2H3,(H,14,20)(H,18,19). The van der Waals surface area contributed by atoms with Gasteiger partial charge in [0.1, 0.15) is 0 Å². The highest BCUT2D eigenvalue weighted by Gasteiger charge is 2.11. The first-order chi connectivity index (χ1) is 9.58. The average molecular weight is 282 g/mol. The number of amides is 2. The van der Waals surface area contributed by atoms with E-state index in [2.05, 4.69) is 10.3 Å². The largest absolute Gasteiger partial charge is 0.476 e. The van der Waals surface area contributed by atoms with Crippen molar-refractivity contribution in [3.05, 3.63) is 18.2 Å². The Balaban J connectivity index is 2.38. The summed E-state index contributed by atoms with van der Waals surface area (Å²) in [5, 5.41) is 11.6. The maximum absolute atomic E-state index is 11.9. The van der Waals surface area contributed by atoms with E-state index in [4.69, 9.17) is 5.11 Å². The lowest BCUT2D eigenvalue weighted by Gasteiger charge is -2.21. The molecular formula is C13H22N4O3. The van der Waals surface area contributed by atoms with Crippen LogP contribution in [0.5, 0.6) is 0 Å². The maximum atomic E-state index is 11.9. The molecule has 7 nitrogen and oxygen atoms in total. The lowest BCUT2D eigenvalue weighted by molar-refractivity contribution is 0.0691. The second kappa shape index (κ2) is 8.19. The number of carboxylic acid groups (broad SMARTS) is 1. The molecule has 0 bridgehead atoms. The Morgan fingerprint density at radius 3 is 2.50 bits per heavy atom. The van der Waals surface area contributed by atoms with Gasteiger partial charge in [0.2, 0.25) is 0 Å². The summed E-state index contributed by atoms with van der Waals surface area (Å²) >= 11 is 0. The van der Waals surface area contributed by atoms with Crippen LogP contribution in [0.15, 0.2) is 12.5 Å². The summed E-state index contributed by atoms with van der Waals surface area (Å²) in [5.74, 6) is -1.05. The van der Waals surface area contributed by atoms with Crippen LogP contribution in [0, 0.1) is 0 Å². The number of hydrogen-bond donors (Lipinski definition) is 2. The third kappa shape index (κ3) is 4.91. The zero-order chi connectivity index (χ0) is 15.0. The number of carbonyl (C=O) groups is 2. The molecule has 0 saturated carbocycles. The summed E-state index contributed by atoms with van der Waals surface area (Å²) in [6.45, 7) is 6.50. The van der Waals surface area contributed by atoms with Gasteiger partial charge < -0.3 is 19.9 Å². The monoisotopic (exact) mass is 282 g/mol. The normalized spacial score (nSPS) is 10.3. The molecule has 1 aromatic rings. The van der Waals surface area contributed by atoms with Gasteiger partial charge in [0.05, 0.1) is 6.33 Å². The number of carbonyl (C=O) groups excluding carboxylic acids is 1. The number of aromatic carboxylic acids is 1. The minimum Gasteiger partial charge on any atom is -0.476 e. The van der Waals surface area contributed by atoms with Crippen molar-refractivity contribution in [2.24, 2.45) is 0 Å². The minimum absolute atomic E-state index is 0.00918. The fourth-order valence-corrected chi connectivity index (χ4v) is 1.85. The van der Waals surface area contributed by atoms with Crippen LogP contribution in [0.3, 0.4) is 0 Å². The molecule has 7 heteroatoms. The van der Waals surface area contributed by atoms with Crippen molar-refractivity contribution in [2.75, 3.05) is 19.6 Å². The Kier molecular flexibility index (Phi) is 6.55. The van der Waals surface area contributed by atoms with Gasteiger partial charge in [-0.2, -0.15) is 0 Å². The maximum Gasteiger partial charge on any atom is 0.356 e. The van der Waals surface area contributed by atoms with Crippen LogP contribution in [0.2, 0.25) is 0 Å². The number of nitrogens with zero attached hydrogens (tertiary/aromatic N) is 3. The van der Waals surface area contributed by atoms with Gasteiger partial charge in [0.15, 0.2) is 5.69 Å². The van der Waals surface area contributed by atoms with Crippen LogP contribution in [0.4, 0.5) is 4.79 Å². The van der Waals surface area contributed by atoms with Gasteiger partial charge in [0.25, 0.3) is 0 Å². The van der Waals surface area contributed by atoms with E-state index in [1.165, 1.54) is 12.5 Å². The van der Waals surface area contributed by atoms with Crippen LogP contribution < -0.4 is 5.32 Å². The van der Waals surface area contributed by atoms with Gasteiger partial charge in [-0.25, -0.2) is 14.6 Å². The summed E-state index contributed by atoms with van der Waals surface area (Å²) in [5.41, 5.74) is 0.00918. The second-order valence-electron chi connectivity index (χ2n) is 4.52. The van der Waals surface area contributed by atoms with E-state index in [1.54, 1.807) is 9.47 Å². The van der Waals surface area contributed by atoms with Crippen molar-refractivity contribution >= 4 is 12.0 Å². The summed E-state index contributed by atoms with van der Waals surface area (Å²) in [7, 11) is 0. The minimum atomic E-state index is -1.05. The molecule has 0 aliphatic heterocycles. The third-order valence-corrected chi connectivity index (χ3v) is 2.77. The fourth-order valence-electron chi connectivity index (χ4n) is 1.85. The molecule has 1 heterocycles. The smallest absolute Gasteiger partial charge is 0.356 e. The van der Waals surface area contributed by atoms with E-state index in [0.29, 0.717) is 13.1 Å². The Labute approximate surface area is 118 Å². The van der Waals surface area contributed by atoms with Crippen molar-refractivity contribution < 1.29 is 14.7 Å². The van der Waals surface area contributed by atoms with E-state index >= 15 is 0 Å². The SMILES string of the molecule is CCCN(CCC)C(=O)NCCn1cnc(C(=O)O)c1. The van der Waals surface area contributed by atoms with Crippen LogP contribution in [-0.2, 0) is 6.54 Å². The molecule has 0 aromatic carbocycles. The predicted molar refractivity (Wildman–Crippen MR) is 74.7 cm³/mol. The zero-order valence-electron chi connectivity index (χ0n) is 12.0. The van der Waals surface area contributed by atoms with Crippen molar-refractivity contribution in [1.82, 2.24) is 19.8 Å². The van der Waals surface area contributed by atoms with E-state index in [0.717, 1.165) is 25.9 Å². The molecule has 2 amide bonds. The number of imidazole rings is 1. The molecule has 0 radical (unpaired) electrons. The molecule has 112 valence electrons. The Morgan fingerprint density at radius 2 is 2.00 bits per heavy atom. The zero-order valence-corrected chi connectivity index (χ0v) is 12.0. The highest BCUT2D eigenvalue weighted by molar-refractivity contribution is 5.84. The number of nitrogens with one attached hydrogen (secondary N) is 1. The Hall–Kier alpha value is -2.05.